The van der Waals surface area contributed by atoms with Crippen LogP contribution in [0.3, 0.4) is 0 Å². The third-order valence-corrected chi connectivity index (χ3v) is 2.72. The number of likely N-dealkylation sites (N-methyl/N-ethyl adjacent to an activating group) is 1. The van der Waals surface area contributed by atoms with Gasteiger partial charge in [-0.15, -0.1) is 0 Å². The summed E-state index contributed by atoms with van der Waals surface area (Å²) in [5.41, 5.74) is 1.82. The fraction of sp³-hybridized carbons (Fsp3) is 0.417. The standard InChI is InChI=1S/C12H17ClN2O2/c1-8-5-11(17-4)9(13)6-10(8)14-7-12(16)15(2)3/h5-6,14H,7H2,1-4H3. The third-order valence-electron chi connectivity index (χ3n) is 2.43. The first-order valence-electron chi connectivity index (χ1n) is 5.24. The van der Waals surface area contributed by atoms with Crippen LogP contribution in [0.25, 0.3) is 0 Å². The number of benzene rings is 1. The topological polar surface area (TPSA) is 41.6 Å². The molecule has 0 bridgehead atoms. The Morgan fingerprint density at radius 1 is 1.47 bits per heavy atom. The van der Waals surface area contributed by atoms with Crippen LogP contribution < -0.4 is 10.1 Å². The number of rotatable bonds is 4. The maximum Gasteiger partial charge on any atom is 0.241 e. The minimum atomic E-state index is 0.0105. The molecule has 0 unspecified atom stereocenters. The van der Waals surface area contributed by atoms with Crippen LogP contribution in [0.1, 0.15) is 5.56 Å². The van der Waals surface area contributed by atoms with Crippen LogP contribution in [-0.2, 0) is 4.79 Å². The molecular weight excluding hydrogens is 240 g/mol. The Balaban J connectivity index is 2.79. The van der Waals surface area contributed by atoms with Gasteiger partial charge in [-0.1, -0.05) is 11.6 Å². The van der Waals surface area contributed by atoms with Crippen molar-refractivity contribution in [1.82, 2.24) is 4.90 Å². The zero-order valence-corrected chi connectivity index (χ0v) is 11.3. The van der Waals surface area contributed by atoms with Gasteiger partial charge in [0.25, 0.3) is 0 Å². The molecule has 1 aromatic carbocycles. The molecule has 0 aliphatic rings. The molecule has 4 nitrogen and oxygen atoms in total. The highest BCUT2D eigenvalue weighted by Gasteiger charge is 2.08. The van der Waals surface area contributed by atoms with Gasteiger partial charge >= 0.3 is 0 Å². The number of carbonyl (C=O) groups is 1. The van der Waals surface area contributed by atoms with E-state index < -0.39 is 0 Å². The van der Waals surface area contributed by atoms with E-state index in [-0.39, 0.29) is 12.5 Å². The van der Waals surface area contributed by atoms with Crippen molar-refractivity contribution in [1.29, 1.82) is 0 Å². The van der Waals surface area contributed by atoms with Gasteiger partial charge in [-0.3, -0.25) is 4.79 Å². The van der Waals surface area contributed by atoms with Gasteiger partial charge in [0.2, 0.25) is 5.91 Å². The second-order valence-electron chi connectivity index (χ2n) is 3.94. The van der Waals surface area contributed by atoms with Gasteiger partial charge in [-0.2, -0.15) is 0 Å². The monoisotopic (exact) mass is 256 g/mol. The molecular formula is C12H17ClN2O2. The van der Waals surface area contributed by atoms with Crippen molar-refractivity contribution in [2.75, 3.05) is 33.1 Å². The Morgan fingerprint density at radius 3 is 2.65 bits per heavy atom. The van der Waals surface area contributed by atoms with E-state index in [1.165, 1.54) is 4.90 Å². The Hall–Kier alpha value is -1.42. The average Bonchev–Trinajstić information content (AvgIpc) is 2.29. The SMILES string of the molecule is COc1cc(C)c(NCC(=O)N(C)C)cc1Cl. The lowest BCUT2D eigenvalue weighted by atomic mass is 10.2. The van der Waals surface area contributed by atoms with Crippen molar-refractivity contribution in [2.24, 2.45) is 0 Å². The Morgan fingerprint density at radius 2 is 2.12 bits per heavy atom. The number of hydrogen-bond donors (Lipinski definition) is 1. The minimum Gasteiger partial charge on any atom is -0.495 e. The van der Waals surface area contributed by atoms with Crippen LogP contribution in [0.5, 0.6) is 5.75 Å². The molecule has 5 heteroatoms. The second-order valence-corrected chi connectivity index (χ2v) is 4.35. The summed E-state index contributed by atoms with van der Waals surface area (Å²) in [6.07, 6.45) is 0. The van der Waals surface area contributed by atoms with Gasteiger partial charge in [0.1, 0.15) is 5.75 Å². The molecule has 1 amide bonds. The summed E-state index contributed by atoms with van der Waals surface area (Å²) >= 11 is 6.02. The smallest absolute Gasteiger partial charge is 0.241 e. The second kappa shape index (κ2) is 5.77. The van der Waals surface area contributed by atoms with E-state index in [2.05, 4.69) is 5.32 Å². The molecule has 17 heavy (non-hydrogen) atoms. The van der Waals surface area contributed by atoms with Crippen LogP contribution in [0.2, 0.25) is 5.02 Å². The molecule has 0 aromatic heterocycles. The lowest BCUT2D eigenvalue weighted by Gasteiger charge is -2.14. The molecule has 0 radical (unpaired) electrons. The molecule has 1 rings (SSSR count). The first kappa shape index (κ1) is 13.6. The number of carbonyl (C=O) groups excluding carboxylic acids is 1. The van der Waals surface area contributed by atoms with Crippen LogP contribution in [-0.4, -0.2) is 38.6 Å². The lowest BCUT2D eigenvalue weighted by Crippen LogP contribution is -2.28. The van der Waals surface area contributed by atoms with Crippen LogP contribution in [0, 0.1) is 6.92 Å². The van der Waals surface area contributed by atoms with Crippen molar-refractivity contribution in [2.45, 2.75) is 6.92 Å². The summed E-state index contributed by atoms with van der Waals surface area (Å²) < 4.78 is 5.11. The Kier molecular flexibility index (Phi) is 4.63. The summed E-state index contributed by atoms with van der Waals surface area (Å²) in [6, 6.07) is 3.60. The van der Waals surface area contributed by atoms with E-state index in [0.29, 0.717) is 10.8 Å². The molecule has 0 saturated heterocycles. The average molecular weight is 257 g/mol. The van der Waals surface area contributed by atoms with Gasteiger partial charge in [0.05, 0.1) is 18.7 Å². The highest BCUT2D eigenvalue weighted by molar-refractivity contribution is 6.32. The lowest BCUT2D eigenvalue weighted by molar-refractivity contribution is -0.126. The molecule has 0 aliphatic carbocycles. The van der Waals surface area contributed by atoms with E-state index in [0.717, 1.165) is 11.3 Å². The molecule has 0 aliphatic heterocycles. The van der Waals surface area contributed by atoms with E-state index in [1.807, 2.05) is 13.0 Å². The van der Waals surface area contributed by atoms with Crippen molar-refractivity contribution in [3.63, 3.8) is 0 Å². The van der Waals surface area contributed by atoms with Gasteiger partial charge < -0.3 is 15.0 Å². The number of amides is 1. The number of nitrogens with one attached hydrogen (secondary N) is 1. The third kappa shape index (κ3) is 3.53. The fourth-order valence-electron chi connectivity index (χ4n) is 1.33. The summed E-state index contributed by atoms with van der Waals surface area (Å²) in [4.78, 5) is 13.0. The largest absolute Gasteiger partial charge is 0.495 e. The van der Waals surface area contributed by atoms with Crippen LogP contribution >= 0.6 is 11.6 Å². The molecule has 0 saturated carbocycles. The zero-order chi connectivity index (χ0) is 13.0. The first-order chi connectivity index (χ1) is 7.95. The van der Waals surface area contributed by atoms with E-state index >= 15 is 0 Å². The number of hydrogen-bond acceptors (Lipinski definition) is 3. The van der Waals surface area contributed by atoms with E-state index in [9.17, 15) is 4.79 Å². The molecule has 0 fully saturated rings. The number of anilines is 1. The summed E-state index contributed by atoms with van der Waals surface area (Å²) in [6.45, 7) is 2.18. The van der Waals surface area contributed by atoms with E-state index in [1.54, 1.807) is 27.3 Å². The fourth-order valence-corrected chi connectivity index (χ4v) is 1.57. The number of aryl methyl sites for hydroxylation is 1. The van der Waals surface area contributed by atoms with Gasteiger partial charge in [0.15, 0.2) is 0 Å². The quantitative estimate of drug-likeness (QED) is 0.898. The first-order valence-corrected chi connectivity index (χ1v) is 5.61. The Labute approximate surface area is 107 Å². The molecule has 0 heterocycles. The van der Waals surface area contributed by atoms with Gasteiger partial charge in [-0.25, -0.2) is 0 Å². The van der Waals surface area contributed by atoms with Gasteiger partial charge in [0, 0.05) is 19.8 Å². The minimum absolute atomic E-state index is 0.0105. The zero-order valence-electron chi connectivity index (χ0n) is 10.5. The van der Waals surface area contributed by atoms with Crippen molar-refractivity contribution in [3.8, 4) is 5.75 Å². The maximum atomic E-state index is 11.4. The number of nitrogens with zero attached hydrogens (tertiary/aromatic N) is 1. The molecule has 1 aromatic rings. The number of halogens is 1. The summed E-state index contributed by atoms with van der Waals surface area (Å²) in [5.74, 6) is 0.644. The predicted molar refractivity (Wildman–Crippen MR) is 69.9 cm³/mol. The van der Waals surface area contributed by atoms with Gasteiger partial charge in [-0.05, 0) is 24.6 Å². The highest BCUT2D eigenvalue weighted by Crippen LogP contribution is 2.30. The molecule has 1 N–H and O–H groups in total. The van der Waals surface area contributed by atoms with Crippen molar-refractivity contribution < 1.29 is 9.53 Å². The highest BCUT2D eigenvalue weighted by atomic mass is 35.5. The summed E-state index contributed by atoms with van der Waals surface area (Å²) in [7, 11) is 5.01. The van der Waals surface area contributed by atoms with Crippen molar-refractivity contribution in [3.05, 3.63) is 22.7 Å². The van der Waals surface area contributed by atoms with Crippen LogP contribution in [0.15, 0.2) is 12.1 Å². The Bertz CT molecular complexity index is 419. The molecule has 0 atom stereocenters. The number of ether oxygens (including phenoxy) is 1. The normalized spacial score (nSPS) is 9.94. The molecule has 0 spiro atoms. The predicted octanol–water partition coefficient (Wildman–Crippen LogP) is 2.16. The molecule has 94 valence electrons. The summed E-state index contributed by atoms with van der Waals surface area (Å²) in [5, 5.41) is 3.58. The maximum absolute atomic E-state index is 11.4. The van der Waals surface area contributed by atoms with Crippen LogP contribution in [0.4, 0.5) is 5.69 Å². The number of methoxy groups -OCH3 is 1. The van der Waals surface area contributed by atoms with E-state index in [4.69, 9.17) is 16.3 Å². The van der Waals surface area contributed by atoms with Crippen molar-refractivity contribution >= 4 is 23.2 Å².